The smallest absolute Gasteiger partial charge is 0.323 e. The summed E-state index contributed by atoms with van der Waals surface area (Å²) in [4.78, 5) is 19.3. The van der Waals surface area contributed by atoms with E-state index < -0.39 is 24.0 Å². The highest BCUT2D eigenvalue weighted by Gasteiger charge is 2.16. The van der Waals surface area contributed by atoms with Crippen LogP contribution in [-0.2, 0) is 9.59 Å². The zero-order valence-electron chi connectivity index (χ0n) is 7.30. The van der Waals surface area contributed by atoms with Gasteiger partial charge in [-0.1, -0.05) is 0 Å². The van der Waals surface area contributed by atoms with Crippen LogP contribution in [0.3, 0.4) is 0 Å². The van der Waals surface area contributed by atoms with Gasteiger partial charge in [0.25, 0.3) is 0 Å². The van der Waals surface area contributed by atoms with Gasteiger partial charge in [0.1, 0.15) is 6.04 Å². The number of aliphatic hydroxyl groups is 1. The first-order valence-electron chi connectivity index (χ1n) is 3.47. The molecule has 0 aliphatic heterocycles. The lowest BCUT2D eigenvalue weighted by Crippen LogP contribution is -2.39. The molecule has 0 aromatic carbocycles. The summed E-state index contributed by atoms with van der Waals surface area (Å²) in [6, 6.07) is -1.16. The molecule has 0 aliphatic rings. The molecule has 0 aromatic rings. The number of aliphatic hydroxyl groups excluding tert-OH is 1. The molecule has 7 heteroatoms. The maximum atomic E-state index is 9.86. The fraction of sp³-hybridized carbons (Fsp3) is 0.667. The molecule has 0 fully saturated rings. The number of carboxylic acid groups (broad SMARTS) is 1. The predicted octanol–water partition coefficient (Wildman–Crippen LogP) is -2.79. The highest BCUT2D eigenvalue weighted by Crippen LogP contribution is 1.85. The molecule has 0 aromatic heterocycles. The van der Waals surface area contributed by atoms with E-state index in [0.717, 1.165) is 0 Å². The van der Waals surface area contributed by atoms with Gasteiger partial charge >= 0.3 is 5.97 Å². The van der Waals surface area contributed by atoms with Gasteiger partial charge < -0.3 is 27.4 Å². The number of carbonyl (C=O) groups is 2. The van der Waals surface area contributed by atoms with Gasteiger partial charge in [-0.2, -0.15) is 0 Å². The minimum absolute atomic E-state index is 0.0556. The molecular formula is C6H15N3O4. The van der Waals surface area contributed by atoms with Crippen LogP contribution in [-0.4, -0.2) is 40.8 Å². The Morgan fingerprint density at radius 3 is 1.77 bits per heavy atom. The molecule has 0 rings (SSSR count). The van der Waals surface area contributed by atoms with E-state index in [1.165, 1.54) is 6.92 Å². The average molecular weight is 193 g/mol. The van der Waals surface area contributed by atoms with Gasteiger partial charge in [0, 0.05) is 0 Å². The van der Waals surface area contributed by atoms with Crippen molar-refractivity contribution in [2.75, 3.05) is 6.54 Å². The molecule has 0 saturated carbocycles. The molecule has 0 aliphatic carbocycles. The summed E-state index contributed by atoms with van der Waals surface area (Å²) >= 11 is 0. The van der Waals surface area contributed by atoms with Crippen molar-refractivity contribution in [1.82, 2.24) is 0 Å². The van der Waals surface area contributed by atoms with Crippen molar-refractivity contribution in [3.8, 4) is 0 Å². The molecule has 2 atom stereocenters. The van der Waals surface area contributed by atoms with Crippen molar-refractivity contribution in [3.63, 3.8) is 0 Å². The van der Waals surface area contributed by atoms with E-state index in [2.05, 4.69) is 5.73 Å². The minimum Gasteiger partial charge on any atom is -0.480 e. The number of hydrogen-bond donors (Lipinski definition) is 5. The molecule has 0 unspecified atom stereocenters. The zero-order chi connectivity index (χ0) is 11.0. The molecule has 1 amide bonds. The number of nitrogens with two attached hydrogens (primary N) is 3. The predicted molar refractivity (Wildman–Crippen MR) is 45.5 cm³/mol. The van der Waals surface area contributed by atoms with E-state index in [4.69, 9.17) is 21.7 Å². The number of primary amides is 1. The zero-order valence-corrected chi connectivity index (χ0v) is 7.30. The number of aliphatic carboxylic acids is 1. The van der Waals surface area contributed by atoms with Crippen molar-refractivity contribution in [2.45, 2.75) is 19.1 Å². The first-order chi connectivity index (χ1) is 5.82. The molecule has 13 heavy (non-hydrogen) atoms. The lowest BCUT2D eigenvalue weighted by atomic mass is 10.2. The third-order valence-electron chi connectivity index (χ3n) is 1.01. The van der Waals surface area contributed by atoms with Crippen LogP contribution < -0.4 is 17.2 Å². The maximum absolute atomic E-state index is 9.86. The van der Waals surface area contributed by atoms with Crippen molar-refractivity contribution in [1.29, 1.82) is 0 Å². The Bertz CT molecular complexity index is 171. The standard InChI is InChI=1S/C4H9NO3.C2H6N2O/c1-2(6)3(5)4(7)8;3-1-2(4)5/h2-3,6H,5H2,1H3,(H,7,8);1,3H2,(H2,4,5)/t2-,3+;/m1./s1. The topological polar surface area (TPSA) is 153 Å². The van der Waals surface area contributed by atoms with Crippen molar-refractivity contribution >= 4 is 11.9 Å². The van der Waals surface area contributed by atoms with Crippen molar-refractivity contribution in [3.05, 3.63) is 0 Å². The van der Waals surface area contributed by atoms with Crippen LogP contribution in [0, 0.1) is 0 Å². The third kappa shape index (κ3) is 10.8. The van der Waals surface area contributed by atoms with E-state index in [9.17, 15) is 9.59 Å². The third-order valence-corrected chi connectivity index (χ3v) is 1.01. The van der Waals surface area contributed by atoms with E-state index in [-0.39, 0.29) is 6.54 Å². The van der Waals surface area contributed by atoms with Crippen LogP contribution in [0.1, 0.15) is 6.92 Å². The number of carbonyl (C=O) groups excluding carboxylic acids is 1. The fourth-order valence-electron chi connectivity index (χ4n) is 0.206. The van der Waals surface area contributed by atoms with E-state index in [1.54, 1.807) is 0 Å². The van der Waals surface area contributed by atoms with Crippen LogP contribution in [0.25, 0.3) is 0 Å². The van der Waals surface area contributed by atoms with Crippen molar-refractivity contribution in [2.24, 2.45) is 17.2 Å². The van der Waals surface area contributed by atoms with E-state index in [0.29, 0.717) is 0 Å². The summed E-state index contributed by atoms with van der Waals surface area (Å²) in [6.07, 6.45) is -0.979. The first-order valence-corrected chi connectivity index (χ1v) is 3.47. The second-order valence-corrected chi connectivity index (χ2v) is 2.28. The Hall–Kier alpha value is -1.18. The normalized spacial score (nSPS) is 13.5. The molecular weight excluding hydrogens is 178 g/mol. The van der Waals surface area contributed by atoms with Gasteiger partial charge in [0.15, 0.2) is 0 Å². The second-order valence-electron chi connectivity index (χ2n) is 2.28. The van der Waals surface area contributed by atoms with Crippen LogP contribution in [0.4, 0.5) is 0 Å². The fourth-order valence-corrected chi connectivity index (χ4v) is 0.206. The summed E-state index contributed by atoms with van der Waals surface area (Å²) in [6.45, 7) is 1.28. The Kier molecular flexibility index (Phi) is 8.24. The Balaban J connectivity index is 0. The van der Waals surface area contributed by atoms with Gasteiger partial charge in [0.05, 0.1) is 12.6 Å². The highest BCUT2D eigenvalue weighted by atomic mass is 16.4. The van der Waals surface area contributed by atoms with Crippen LogP contribution in [0.15, 0.2) is 0 Å². The van der Waals surface area contributed by atoms with E-state index >= 15 is 0 Å². The number of hydrogen-bond acceptors (Lipinski definition) is 5. The monoisotopic (exact) mass is 193 g/mol. The minimum atomic E-state index is -1.18. The number of amides is 1. The second kappa shape index (κ2) is 7.47. The van der Waals surface area contributed by atoms with Gasteiger partial charge in [0.2, 0.25) is 5.91 Å². The van der Waals surface area contributed by atoms with Crippen LogP contribution >= 0.6 is 0 Å². The number of carboxylic acids is 1. The molecule has 7 nitrogen and oxygen atoms in total. The SMILES string of the molecule is C[C@@H](O)[C@H](N)C(=O)O.NCC(N)=O. The lowest BCUT2D eigenvalue weighted by molar-refractivity contribution is -0.140. The highest BCUT2D eigenvalue weighted by molar-refractivity contribution is 5.75. The summed E-state index contributed by atoms with van der Waals surface area (Å²) in [5.41, 5.74) is 14.1. The first kappa shape index (κ1) is 14.3. The van der Waals surface area contributed by atoms with Gasteiger partial charge in [-0.05, 0) is 6.92 Å². The Labute approximate surface area is 75.5 Å². The molecule has 78 valence electrons. The molecule has 0 radical (unpaired) electrons. The molecule has 0 heterocycles. The summed E-state index contributed by atoms with van der Waals surface area (Å²) in [5, 5.41) is 16.6. The van der Waals surface area contributed by atoms with Crippen molar-refractivity contribution < 1.29 is 19.8 Å². The van der Waals surface area contributed by atoms with Gasteiger partial charge in [-0.25, -0.2) is 0 Å². The van der Waals surface area contributed by atoms with Crippen LogP contribution in [0.2, 0.25) is 0 Å². The summed E-state index contributed by atoms with van der Waals surface area (Å²) in [5.74, 6) is -1.65. The average Bonchev–Trinajstić information content (AvgIpc) is 2.03. The summed E-state index contributed by atoms with van der Waals surface area (Å²) < 4.78 is 0. The quantitative estimate of drug-likeness (QED) is 0.326. The Morgan fingerprint density at radius 2 is 1.77 bits per heavy atom. The molecule has 8 N–H and O–H groups in total. The van der Waals surface area contributed by atoms with Gasteiger partial charge in [-0.15, -0.1) is 0 Å². The lowest BCUT2D eigenvalue weighted by Gasteiger charge is -2.06. The maximum Gasteiger partial charge on any atom is 0.323 e. The molecule has 0 saturated heterocycles. The largest absolute Gasteiger partial charge is 0.480 e. The van der Waals surface area contributed by atoms with Gasteiger partial charge in [-0.3, -0.25) is 9.59 Å². The summed E-state index contributed by atoms with van der Waals surface area (Å²) in [7, 11) is 0. The Morgan fingerprint density at radius 1 is 1.46 bits per heavy atom. The van der Waals surface area contributed by atoms with E-state index in [1.807, 2.05) is 0 Å². The molecule has 0 spiro atoms. The number of rotatable bonds is 3. The molecule has 0 bridgehead atoms. The van der Waals surface area contributed by atoms with Crippen LogP contribution in [0.5, 0.6) is 0 Å².